The van der Waals surface area contributed by atoms with Crippen LogP contribution in [0.3, 0.4) is 0 Å². The van der Waals surface area contributed by atoms with E-state index in [1.165, 1.54) is 38.0 Å². The first-order valence-electron chi connectivity index (χ1n) is 9.26. The molecule has 0 aromatic heterocycles. The maximum absolute atomic E-state index is 12.8. The molecule has 2 aromatic rings. The Labute approximate surface area is 181 Å². The topological polar surface area (TPSA) is 69.7 Å². The van der Waals surface area contributed by atoms with Crippen LogP contribution in [0, 0.1) is 0 Å². The zero-order valence-electron chi connectivity index (χ0n) is 16.2. The number of anilines is 3. The Morgan fingerprint density at radius 1 is 1.07 bits per heavy atom. The lowest BCUT2D eigenvalue weighted by Crippen LogP contribution is -2.45. The molecular formula is C20H23Cl2N3O3S. The first-order chi connectivity index (χ1) is 13.6. The van der Waals surface area contributed by atoms with Gasteiger partial charge in [-0.2, -0.15) is 0 Å². The summed E-state index contributed by atoms with van der Waals surface area (Å²) in [6.45, 7) is 3.59. The zero-order chi connectivity index (χ0) is 21.2. The van der Waals surface area contributed by atoms with E-state index in [1.54, 1.807) is 0 Å². The molecule has 29 heavy (non-hydrogen) atoms. The van der Waals surface area contributed by atoms with Gasteiger partial charge in [0.15, 0.2) is 0 Å². The maximum atomic E-state index is 12.8. The second-order valence-electron chi connectivity index (χ2n) is 7.09. The van der Waals surface area contributed by atoms with Crippen molar-refractivity contribution < 1.29 is 13.2 Å². The van der Waals surface area contributed by atoms with Gasteiger partial charge in [0.1, 0.15) is 6.04 Å². The molecule has 1 N–H and O–H groups in total. The number of nitrogens with one attached hydrogen (secondary N) is 1. The van der Waals surface area contributed by atoms with Gasteiger partial charge in [0.2, 0.25) is 15.9 Å². The fourth-order valence-electron chi connectivity index (χ4n) is 3.45. The summed E-state index contributed by atoms with van der Waals surface area (Å²) in [5.74, 6) is -0.458. The van der Waals surface area contributed by atoms with E-state index in [2.05, 4.69) is 10.2 Å². The Balaban J connectivity index is 1.79. The van der Waals surface area contributed by atoms with Crippen LogP contribution in [0.4, 0.5) is 17.1 Å². The minimum absolute atomic E-state index is 0.233. The van der Waals surface area contributed by atoms with Crippen molar-refractivity contribution in [1.29, 1.82) is 0 Å². The third-order valence-electron chi connectivity index (χ3n) is 4.80. The molecule has 1 aliphatic rings. The number of carbonyl (C=O) groups excluding carboxylic acids is 1. The van der Waals surface area contributed by atoms with Crippen LogP contribution >= 0.6 is 23.2 Å². The van der Waals surface area contributed by atoms with Gasteiger partial charge in [0, 0.05) is 34.5 Å². The molecule has 9 heteroatoms. The van der Waals surface area contributed by atoms with Gasteiger partial charge in [-0.15, -0.1) is 0 Å². The lowest BCUT2D eigenvalue weighted by atomic mass is 10.2. The molecule has 3 rings (SSSR count). The number of hydrogen-bond acceptors (Lipinski definition) is 4. The van der Waals surface area contributed by atoms with Crippen LogP contribution in [-0.2, 0) is 14.8 Å². The molecule has 1 aliphatic heterocycles. The highest BCUT2D eigenvalue weighted by Crippen LogP contribution is 2.29. The molecular weight excluding hydrogens is 433 g/mol. The van der Waals surface area contributed by atoms with E-state index in [0.29, 0.717) is 5.69 Å². The summed E-state index contributed by atoms with van der Waals surface area (Å²) in [6.07, 6.45) is 3.41. The van der Waals surface area contributed by atoms with Crippen molar-refractivity contribution in [2.24, 2.45) is 0 Å². The number of sulfonamides is 1. The van der Waals surface area contributed by atoms with E-state index < -0.39 is 22.0 Å². The quantitative estimate of drug-likeness (QED) is 0.700. The third kappa shape index (κ3) is 5.35. The van der Waals surface area contributed by atoms with Crippen molar-refractivity contribution in [3.8, 4) is 0 Å². The molecule has 0 spiro atoms. The van der Waals surface area contributed by atoms with Crippen molar-refractivity contribution in [2.45, 2.75) is 25.8 Å². The summed E-state index contributed by atoms with van der Waals surface area (Å²) in [5.41, 5.74) is 1.94. The molecule has 0 radical (unpaired) electrons. The maximum Gasteiger partial charge on any atom is 0.247 e. The normalized spacial score (nSPS) is 15.2. The van der Waals surface area contributed by atoms with Crippen LogP contribution in [0.2, 0.25) is 10.0 Å². The Morgan fingerprint density at radius 2 is 1.62 bits per heavy atom. The Bertz CT molecular complexity index is 970. The van der Waals surface area contributed by atoms with E-state index in [-0.39, 0.29) is 15.7 Å². The van der Waals surface area contributed by atoms with Crippen LogP contribution in [0.5, 0.6) is 0 Å². The van der Waals surface area contributed by atoms with Gasteiger partial charge < -0.3 is 10.2 Å². The molecule has 1 saturated heterocycles. The van der Waals surface area contributed by atoms with E-state index in [0.717, 1.165) is 29.3 Å². The molecule has 0 saturated carbocycles. The molecule has 0 bridgehead atoms. The fraction of sp³-hybridized carbons (Fsp3) is 0.350. The second kappa shape index (κ2) is 8.81. The smallest absolute Gasteiger partial charge is 0.247 e. The van der Waals surface area contributed by atoms with Gasteiger partial charge in [-0.05, 0) is 62.2 Å². The van der Waals surface area contributed by atoms with Gasteiger partial charge in [-0.1, -0.05) is 23.2 Å². The van der Waals surface area contributed by atoms with Gasteiger partial charge in [0.05, 0.1) is 11.9 Å². The summed E-state index contributed by atoms with van der Waals surface area (Å²) >= 11 is 12.0. The molecule has 1 fully saturated rings. The lowest BCUT2D eigenvalue weighted by Gasteiger charge is -2.28. The van der Waals surface area contributed by atoms with Crippen LogP contribution in [0.15, 0.2) is 42.5 Å². The van der Waals surface area contributed by atoms with Crippen molar-refractivity contribution >= 4 is 56.2 Å². The second-order valence-corrected chi connectivity index (χ2v) is 9.83. The zero-order valence-corrected chi connectivity index (χ0v) is 18.6. The average molecular weight is 456 g/mol. The van der Waals surface area contributed by atoms with Crippen molar-refractivity contribution in [3.05, 3.63) is 52.5 Å². The standard InChI is InChI=1S/C20H23Cl2N3O3S/c1-14(25(29(2,27)28)19-12-15(21)11-16(22)13-19)20(26)23-17-5-7-18(8-6-17)24-9-3-4-10-24/h5-8,11-14H,3-4,9-10H2,1-2H3,(H,23,26). The van der Waals surface area contributed by atoms with E-state index in [4.69, 9.17) is 23.2 Å². The minimum atomic E-state index is -3.76. The van der Waals surface area contributed by atoms with E-state index in [9.17, 15) is 13.2 Å². The lowest BCUT2D eigenvalue weighted by molar-refractivity contribution is -0.116. The van der Waals surface area contributed by atoms with Crippen molar-refractivity contribution in [1.82, 2.24) is 0 Å². The van der Waals surface area contributed by atoms with Gasteiger partial charge in [-0.3, -0.25) is 9.10 Å². The van der Waals surface area contributed by atoms with Gasteiger partial charge in [0.25, 0.3) is 0 Å². The molecule has 1 atom stereocenters. The number of benzene rings is 2. The molecule has 2 aromatic carbocycles. The number of hydrogen-bond donors (Lipinski definition) is 1. The minimum Gasteiger partial charge on any atom is -0.372 e. The van der Waals surface area contributed by atoms with Crippen LogP contribution in [0.1, 0.15) is 19.8 Å². The third-order valence-corrected chi connectivity index (χ3v) is 6.47. The summed E-state index contributed by atoms with van der Waals surface area (Å²) in [7, 11) is -3.76. The highest BCUT2D eigenvalue weighted by Gasteiger charge is 2.29. The van der Waals surface area contributed by atoms with Gasteiger partial charge in [-0.25, -0.2) is 8.42 Å². The molecule has 1 unspecified atom stereocenters. The average Bonchev–Trinajstić information content (AvgIpc) is 3.15. The van der Waals surface area contributed by atoms with Crippen molar-refractivity contribution in [2.75, 3.05) is 33.9 Å². The highest BCUT2D eigenvalue weighted by atomic mass is 35.5. The predicted molar refractivity (Wildman–Crippen MR) is 120 cm³/mol. The number of amides is 1. The molecule has 0 aliphatic carbocycles. The largest absolute Gasteiger partial charge is 0.372 e. The summed E-state index contributed by atoms with van der Waals surface area (Å²) in [6, 6.07) is 11.0. The van der Waals surface area contributed by atoms with Crippen LogP contribution < -0.4 is 14.5 Å². The van der Waals surface area contributed by atoms with Crippen LogP contribution in [-0.4, -0.2) is 39.7 Å². The fourth-order valence-corrected chi connectivity index (χ4v) is 5.13. The number of carbonyl (C=O) groups is 1. The monoisotopic (exact) mass is 455 g/mol. The number of nitrogens with zero attached hydrogens (tertiary/aromatic N) is 2. The summed E-state index contributed by atoms with van der Waals surface area (Å²) in [5, 5.41) is 3.35. The molecule has 6 nitrogen and oxygen atoms in total. The SMILES string of the molecule is CC(C(=O)Nc1ccc(N2CCCC2)cc1)N(c1cc(Cl)cc(Cl)c1)S(C)(=O)=O. The van der Waals surface area contributed by atoms with Crippen LogP contribution in [0.25, 0.3) is 0 Å². The number of rotatable bonds is 6. The first-order valence-corrected chi connectivity index (χ1v) is 11.9. The summed E-state index contributed by atoms with van der Waals surface area (Å²) in [4.78, 5) is 15.1. The van der Waals surface area contributed by atoms with E-state index >= 15 is 0 Å². The Hall–Kier alpha value is -1.96. The number of halogens is 2. The van der Waals surface area contributed by atoms with Gasteiger partial charge >= 0.3 is 0 Å². The van der Waals surface area contributed by atoms with E-state index in [1.807, 2.05) is 24.3 Å². The molecule has 1 heterocycles. The molecule has 1 amide bonds. The summed E-state index contributed by atoms with van der Waals surface area (Å²) < 4.78 is 25.8. The predicted octanol–water partition coefficient (Wildman–Crippen LogP) is 4.39. The molecule has 156 valence electrons. The Kier molecular flexibility index (Phi) is 6.61. The first kappa shape index (κ1) is 21.7. The highest BCUT2D eigenvalue weighted by molar-refractivity contribution is 7.92. The van der Waals surface area contributed by atoms with Crippen molar-refractivity contribution in [3.63, 3.8) is 0 Å². The Morgan fingerprint density at radius 3 is 2.14 bits per heavy atom.